The first-order valence-corrected chi connectivity index (χ1v) is 9.96. The quantitative estimate of drug-likeness (QED) is 0.343. The van der Waals surface area contributed by atoms with Gasteiger partial charge in [0, 0.05) is 13.6 Å². The number of aliphatic hydroxyl groups is 1. The largest absolute Gasteiger partial charge is 0.466 e. The molecular weight excluding hydrogens is 352 g/mol. The number of nitrogens with one attached hydrogen (secondary N) is 2. The molecule has 0 saturated carbocycles. The number of furan rings is 1. The van der Waals surface area contributed by atoms with Gasteiger partial charge in [0.25, 0.3) is 0 Å². The summed E-state index contributed by atoms with van der Waals surface area (Å²) in [6.07, 6.45) is 4.67. The Balaban J connectivity index is 2.00. The predicted octanol–water partition coefficient (Wildman–Crippen LogP) is 1.41. The Morgan fingerprint density at radius 3 is 2.85 bits per heavy atom. The van der Waals surface area contributed by atoms with Crippen LogP contribution in [0.25, 0.3) is 0 Å². The summed E-state index contributed by atoms with van der Waals surface area (Å²) >= 11 is 1.81. The number of guanidine groups is 1. The zero-order valence-electron chi connectivity index (χ0n) is 15.8. The van der Waals surface area contributed by atoms with E-state index in [4.69, 9.17) is 4.42 Å². The van der Waals surface area contributed by atoms with Crippen LogP contribution < -0.4 is 10.6 Å². The minimum absolute atomic E-state index is 0.271. The normalized spacial score (nSPS) is 14.3. The summed E-state index contributed by atoms with van der Waals surface area (Å²) in [6.45, 7) is 5.08. The number of hydrogen-bond donors (Lipinski definition) is 3. The molecule has 0 amide bonds. The highest BCUT2D eigenvalue weighted by molar-refractivity contribution is 7.98. The Morgan fingerprint density at radius 2 is 2.23 bits per heavy atom. The number of aliphatic imine (C=N–C) groups is 1. The van der Waals surface area contributed by atoms with Crippen molar-refractivity contribution in [3.63, 3.8) is 0 Å². The molecule has 2 rings (SSSR count). The highest BCUT2D eigenvalue weighted by Crippen LogP contribution is 2.19. The van der Waals surface area contributed by atoms with Gasteiger partial charge in [0.2, 0.25) is 0 Å². The van der Waals surface area contributed by atoms with Crippen LogP contribution in [0.1, 0.15) is 30.8 Å². The maximum atomic E-state index is 10.6. The van der Waals surface area contributed by atoms with E-state index in [1.165, 1.54) is 0 Å². The second-order valence-electron chi connectivity index (χ2n) is 6.27. The van der Waals surface area contributed by atoms with E-state index in [2.05, 4.69) is 32.1 Å². The van der Waals surface area contributed by atoms with Crippen LogP contribution in [0, 0.1) is 6.92 Å². The van der Waals surface area contributed by atoms with Crippen LogP contribution >= 0.6 is 11.8 Å². The van der Waals surface area contributed by atoms with Crippen LogP contribution in [0.2, 0.25) is 0 Å². The van der Waals surface area contributed by atoms with Crippen LogP contribution in [0.5, 0.6) is 0 Å². The monoisotopic (exact) mass is 380 g/mol. The minimum atomic E-state index is -1.13. The molecule has 0 saturated heterocycles. The number of rotatable bonds is 9. The average Bonchev–Trinajstić information content (AvgIpc) is 3.26. The van der Waals surface area contributed by atoms with Gasteiger partial charge in [0.1, 0.15) is 23.7 Å². The van der Waals surface area contributed by atoms with Crippen molar-refractivity contribution in [1.82, 2.24) is 25.4 Å². The highest BCUT2D eigenvalue weighted by Gasteiger charge is 2.26. The molecule has 0 radical (unpaired) electrons. The first-order valence-electron chi connectivity index (χ1n) is 8.56. The third kappa shape index (κ3) is 5.77. The van der Waals surface area contributed by atoms with E-state index >= 15 is 0 Å². The summed E-state index contributed by atoms with van der Waals surface area (Å²) in [5.74, 6) is 3.84. The Hall–Kier alpha value is -2.00. The summed E-state index contributed by atoms with van der Waals surface area (Å²) in [7, 11) is 1.92. The SMILES string of the molecule is CSCCCNC(=NCc1nnc(C)n1C)NCC(C)(O)c1ccco1. The Morgan fingerprint density at radius 1 is 1.42 bits per heavy atom. The molecule has 2 heterocycles. The van der Waals surface area contributed by atoms with Crippen LogP contribution in [0.4, 0.5) is 0 Å². The fourth-order valence-electron chi connectivity index (χ4n) is 2.26. The second-order valence-corrected chi connectivity index (χ2v) is 7.25. The third-order valence-corrected chi connectivity index (χ3v) is 4.73. The first kappa shape index (κ1) is 20.3. The van der Waals surface area contributed by atoms with Crippen LogP contribution in [0.3, 0.4) is 0 Å². The molecule has 8 nitrogen and oxygen atoms in total. The topological polar surface area (TPSA) is 100 Å². The molecule has 0 fully saturated rings. The molecule has 1 atom stereocenters. The lowest BCUT2D eigenvalue weighted by molar-refractivity contribution is 0.0386. The summed E-state index contributed by atoms with van der Waals surface area (Å²) in [4.78, 5) is 4.57. The highest BCUT2D eigenvalue weighted by atomic mass is 32.2. The van der Waals surface area contributed by atoms with Crippen LogP contribution in [-0.2, 0) is 19.2 Å². The van der Waals surface area contributed by atoms with Crippen LogP contribution in [-0.4, -0.2) is 50.9 Å². The molecule has 2 aromatic rings. The van der Waals surface area contributed by atoms with E-state index in [1.54, 1.807) is 25.3 Å². The number of nitrogens with zero attached hydrogens (tertiary/aromatic N) is 4. The maximum Gasteiger partial charge on any atom is 0.191 e. The van der Waals surface area contributed by atoms with Gasteiger partial charge in [-0.25, -0.2) is 4.99 Å². The van der Waals surface area contributed by atoms with Crippen LogP contribution in [0.15, 0.2) is 27.8 Å². The van der Waals surface area contributed by atoms with Gasteiger partial charge in [-0.2, -0.15) is 11.8 Å². The molecule has 26 heavy (non-hydrogen) atoms. The molecule has 1 unspecified atom stereocenters. The summed E-state index contributed by atoms with van der Waals surface area (Å²) in [5.41, 5.74) is -1.13. The Labute approximate surface area is 158 Å². The molecule has 0 aliphatic rings. The number of hydrogen-bond acceptors (Lipinski definition) is 6. The van der Waals surface area contributed by atoms with Gasteiger partial charge in [-0.05, 0) is 44.4 Å². The van der Waals surface area contributed by atoms with Crippen molar-refractivity contribution in [3.8, 4) is 0 Å². The van der Waals surface area contributed by atoms with Gasteiger partial charge in [-0.15, -0.1) is 10.2 Å². The van der Waals surface area contributed by atoms with E-state index in [9.17, 15) is 5.11 Å². The maximum absolute atomic E-state index is 10.6. The molecule has 3 N–H and O–H groups in total. The average molecular weight is 381 g/mol. The summed E-state index contributed by atoms with van der Waals surface area (Å²) in [5, 5.41) is 25.3. The number of aryl methyl sites for hydroxylation is 1. The Kier molecular flexibility index (Phi) is 7.52. The number of thioether (sulfide) groups is 1. The standard InChI is InChI=1S/C17H28N6O2S/c1-13-21-22-15(23(13)3)11-19-16(18-8-6-10-26-4)20-12-17(2,24)14-7-5-9-25-14/h5,7,9,24H,6,8,10-12H2,1-4H3,(H2,18,19,20). The molecule has 0 spiro atoms. The lowest BCUT2D eigenvalue weighted by Crippen LogP contribution is -2.44. The van der Waals surface area contributed by atoms with E-state index in [-0.39, 0.29) is 6.54 Å². The van der Waals surface area contributed by atoms with E-state index in [1.807, 2.05) is 30.3 Å². The molecule has 0 aliphatic heterocycles. The minimum Gasteiger partial charge on any atom is -0.466 e. The van der Waals surface area contributed by atoms with Crippen molar-refractivity contribution in [2.24, 2.45) is 12.0 Å². The number of aromatic nitrogens is 3. The van der Waals surface area contributed by atoms with E-state index in [0.717, 1.165) is 30.4 Å². The van der Waals surface area contributed by atoms with Gasteiger partial charge in [-0.1, -0.05) is 0 Å². The molecule has 2 aromatic heterocycles. The van der Waals surface area contributed by atoms with Crippen molar-refractivity contribution in [2.45, 2.75) is 32.4 Å². The lowest BCUT2D eigenvalue weighted by Gasteiger charge is -2.23. The fourth-order valence-corrected chi connectivity index (χ4v) is 2.70. The lowest BCUT2D eigenvalue weighted by atomic mass is 10.0. The van der Waals surface area contributed by atoms with Crippen molar-refractivity contribution >= 4 is 17.7 Å². The van der Waals surface area contributed by atoms with Gasteiger partial charge >= 0.3 is 0 Å². The molecule has 0 bridgehead atoms. The van der Waals surface area contributed by atoms with Gasteiger partial charge in [0.15, 0.2) is 11.8 Å². The fraction of sp³-hybridized carbons (Fsp3) is 0.588. The molecule has 144 valence electrons. The summed E-state index contributed by atoms with van der Waals surface area (Å²) in [6, 6.07) is 3.52. The second kappa shape index (κ2) is 9.63. The Bertz CT molecular complexity index is 696. The molecule has 9 heteroatoms. The van der Waals surface area contributed by atoms with Crippen molar-refractivity contribution in [2.75, 3.05) is 25.1 Å². The van der Waals surface area contributed by atoms with Gasteiger partial charge < -0.3 is 24.7 Å². The molecular formula is C17H28N6O2S. The smallest absolute Gasteiger partial charge is 0.191 e. The zero-order valence-corrected chi connectivity index (χ0v) is 16.6. The van der Waals surface area contributed by atoms with Gasteiger partial charge in [0.05, 0.1) is 12.8 Å². The van der Waals surface area contributed by atoms with Gasteiger partial charge in [-0.3, -0.25) is 0 Å². The summed E-state index contributed by atoms with van der Waals surface area (Å²) < 4.78 is 7.23. The first-order chi connectivity index (χ1) is 12.4. The molecule has 0 aliphatic carbocycles. The van der Waals surface area contributed by atoms with E-state index in [0.29, 0.717) is 18.3 Å². The van der Waals surface area contributed by atoms with E-state index < -0.39 is 5.60 Å². The third-order valence-electron chi connectivity index (χ3n) is 4.03. The molecule has 0 aromatic carbocycles. The zero-order chi connectivity index (χ0) is 19.0. The van der Waals surface area contributed by atoms with Crippen molar-refractivity contribution in [1.29, 1.82) is 0 Å². The predicted molar refractivity (Wildman–Crippen MR) is 104 cm³/mol. The van der Waals surface area contributed by atoms with Crippen molar-refractivity contribution < 1.29 is 9.52 Å². The van der Waals surface area contributed by atoms with Crippen molar-refractivity contribution in [3.05, 3.63) is 35.8 Å².